The Morgan fingerprint density at radius 2 is 2.30 bits per heavy atom. The highest BCUT2D eigenvalue weighted by molar-refractivity contribution is 7.10. The molecule has 2 rings (SSSR count). The Kier molecular flexibility index (Phi) is 4.65. The van der Waals surface area contributed by atoms with Crippen molar-refractivity contribution < 1.29 is 14.7 Å². The van der Waals surface area contributed by atoms with Gasteiger partial charge in [-0.2, -0.15) is 0 Å². The lowest BCUT2D eigenvalue weighted by Gasteiger charge is -2.36. The van der Waals surface area contributed by atoms with Gasteiger partial charge in [0.15, 0.2) is 0 Å². The van der Waals surface area contributed by atoms with E-state index < -0.39 is 5.97 Å². The third-order valence-electron chi connectivity index (χ3n) is 3.80. The Balaban J connectivity index is 1.91. The number of piperidine rings is 1. The number of amides is 2. The molecule has 6 heteroatoms. The van der Waals surface area contributed by atoms with Crippen molar-refractivity contribution in [2.75, 3.05) is 6.54 Å². The fraction of sp³-hybridized carbons (Fsp3) is 0.571. The summed E-state index contributed by atoms with van der Waals surface area (Å²) in [4.78, 5) is 26.1. The molecular weight excluding hydrogens is 276 g/mol. The molecule has 1 aliphatic rings. The molecular formula is C14H20N2O3S. The van der Waals surface area contributed by atoms with Crippen LogP contribution < -0.4 is 5.32 Å². The zero-order valence-corrected chi connectivity index (χ0v) is 12.5. The molecule has 110 valence electrons. The van der Waals surface area contributed by atoms with E-state index in [1.54, 1.807) is 16.2 Å². The predicted molar refractivity (Wildman–Crippen MR) is 77.8 cm³/mol. The summed E-state index contributed by atoms with van der Waals surface area (Å²) in [5.41, 5.74) is 0. The second kappa shape index (κ2) is 6.26. The van der Waals surface area contributed by atoms with Crippen LogP contribution >= 0.6 is 11.3 Å². The summed E-state index contributed by atoms with van der Waals surface area (Å²) < 4.78 is 0. The van der Waals surface area contributed by atoms with E-state index in [2.05, 4.69) is 5.32 Å². The largest absolute Gasteiger partial charge is 0.481 e. The predicted octanol–water partition coefficient (Wildman–Crippen LogP) is 2.70. The van der Waals surface area contributed by atoms with Crippen LogP contribution in [0.3, 0.4) is 0 Å². The van der Waals surface area contributed by atoms with Gasteiger partial charge in [0, 0.05) is 17.5 Å². The second-order valence-corrected chi connectivity index (χ2v) is 6.27. The van der Waals surface area contributed by atoms with Crippen LogP contribution in [-0.4, -0.2) is 34.6 Å². The van der Waals surface area contributed by atoms with Gasteiger partial charge < -0.3 is 15.3 Å². The molecule has 0 aliphatic carbocycles. The molecule has 3 unspecified atom stereocenters. The van der Waals surface area contributed by atoms with Crippen LogP contribution in [0, 0.1) is 5.92 Å². The second-order valence-electron chi connectivity index (χ2n) is 5.29. The van der Waals surface area contributed by atoms with Gasteiger partial charge in [0.05, 0.1) is 12.0 Å². The van der Waals surface area contributed by atoms with Crippen molar-refractivity contribution in [2.24, 2.45) is 5.92 Å². The molecule has 2 amide bonds. The number of carboxylic acids is 1. The van der Waals surface area contributed by atoms with Crippen molar-refractivity contribution in [3.05, 3.63) is 22.4 Å². The van der Waals surface area contributed by atoms with Crippen molar-refractivity contribution in [3.63, 3.8) is 0 Å². The molecule has 2 N–H and O–H groups in total. The molecule has 2 heterocycles. The third kappa shape index (κ3) is 3.30. The van der Waals surface area contributed by atoms with Crippen LogP contribution in [0.2, 0.25) is 0 Å². The number of hydrogen-bond acceptors (Lipinski definition) is 3. The summed E-state index contributed by atoms with van der Waals surface area (Å²) >= 11 is 1.61. The Bertz CT molecular complexity index is 475. The molecule has 3 atom stereocenters. The van der Waals surface area contributed by atoms with Gasteiger partial charge in [-0.25, -0.2) is 4.79 Å². The Hall–Kier alpha value is -1.56. The van der Waals surface area contributed by atoms with Crippen LogP contribution in [0.4, 0.5) is 4.79 Å². The van der Waals surface area contributed by atoms with Crippen molar-refractivity contribution in [2.45, 2.75) is 38.8 Å². The number of rotatable bonds is 3. The summed E-state index contributed by atoms with van der Waals surface area (Å²) in [5.74, 6) is -1.09. The number of likely N-dealkylation sites (tertiary alicyclic amines) is 1. The molecule has 5 nitrogen and oxygen atoms in total. The topological polar surface area (TPSA) is 69.6 Å². The number of urea groups is 1. The first-order valence-corrected chi connectivity index (χ1v) is 7.70. The minimum absolute atomic E-state index is 0.0214. The molecule has 1 aromatic rings. The van der Waals surface area contributed by atoms with Gasteiger partial charge in [-0.1, -0.05) is 6.07 Å². The smallest absolute Gasteiger partial charge is 0.318 e. The van der Waals surface area contributed by atoms with Crippen molar-refractivity contribution >= 4 is 23.3 Å². The number of nitrogens with one attached hydrogen (secondary N) is 1. The number of carboxylic acid groups (broad SMARTS) is 1. The summed E-state index contributed by atoms with van der Waals surface area (Å²) in [6.45, 7) is 4.37. The molecule has 0 bridgehead atoms. The van der Waals surface area contributed by atoms with Gasteiger partial charge in [0.25, 0.3) is 0 Å². The van der Waals surface area contributed by atoms with Crippen LogP contribution in [-0.2, 0) is 4.79 Å². The fourth-order valence-corrected chi connectivity index (χ4v) is 3.31. The van der Waals surface area contributed by atoms with Crippen molar-refractivity contribution in [1.29, 1.82) is 0 Å². The summed E-state index contributed by atoms with van der Waals surface area (Å²) in [7, 11) is 0. The quantitative estimate of drug-likeness (QED) is 0.901. The molecule has 0 spiro atoms. The number of carbonyl (C=O) groups excluding carboxylic acids is 1. The molecule has 20 heavy (non-hydrogen) atoms. The number of carbonyl (C=O) groups is 2. The van der Waals surface area contributed by atoms with Crippen molar-refractivity contribution in [1.82, 2.24) is 10.2 Å². The average molecular weight is 296 g/mol. The summed E-state index contributed by atoms with van der Waals surface area (Å²) in [6, 6.07) is 3.79. The molecule has 0 radical (unpaired) electrons. The first-order valence-electron chi connectivity index (χ1n) is 6.82. The standard InChI is InChI=1S/C14H20N2O3S/c1-9-8-11(13(17)18)5-6-16(9)14(19)15-10(2)12-4-3-7-20-12/h3-4,7,9-11H,5-6,8H2,1-2H3,(H,15,19)(H,17,18). The zero-order chi connectivity index (χ0) is 14.7. The molecule has 0 aromatic carbocycles. The Morgan fingerprint density at radius 3 is 2.85 bits per heavy atom. The third-order valence-corrected chi connectivity index (χ3v) is 4.85. The highest BCUT2D eigenvalue weighted by atomic mass is 32.1. The maximum atomic E-state index is 12.3. The average Bonchev–Trinajstić information content (AvgIpc) is 2.92. The van der Waals surface area contributed by atoms with E-state index in [0.717, 1.165) is 4.88 Å². The molecule has 1 fully saturated rings. The van der Waals surface area contributed by atoms with E-state index in [1.807, 2.05) is 31.4 Å². The number of thiophene rings is 1. The minimum Gasteiger partial charge on any atom is -0.481 e. The lowest BCUT2D eigenvalue weighted by molar-refractivity contribution is -0.143. The van der Waals surface area contributed by atoms with E-state index >= 15 is 0 Å². The monoisotopic (exact) mass is 296 g/mol. The Labute approximate surface area is 122 Å². The highest BCUT2D eigenvalue weighted by Crippen LogP contribution is 2.24. The fourth-order valence-electron chi connectivity index (χ4n) is 2.58. The maximum absolute atomic E-state index is 12.3. The molecule has 1 saturated heterocycles. The number of aliphatic carboxylic acids is 1. The lowest BCUT2D eigenvalue weighted by atomic mass is 9.92. The van der Waals surface area contributed by atoms with Gasteiger partial charge in [-0.3, -0.25) is 4.79 Å². The van der Waals surface area contributed by atoms with Crippen LogP contribution in [0.5, 0.6) is 0 Å². The van der Waals surface area contributed by atoms with E-state index in [9.17, 15) is 9.59 Å². The van der Waals surface area contributed by atoms with Crippen LogP contribution in [0.25, 0.3) is 0 Å². The number of nitrogens with zero attached hydrogens (tertiary/aromatic N) is 1. The first kappa shape index (κ1) is 14.8. The van der Waals surface area contributed by atoms with Gasteiger partial charge in [0.1, 0.15) is 0 Å². The van der Waals surface area contributed by atoms with Crippen LogP contribution in [0.1, 0.15) is 37.6 Å². The number of hydrogen-bond donors (Lipinski definition) is 2. The van der Waals surface area contributed by atoms with Gasteiger partial charge in [-0.05, 0) is 38.1 Å². The van der Waals surface area contributed by atoms with Gasteiger partial charge >= 0.3 is 12.0 Å². The van der Waals surface area contributed by atoms with E-state index in [0.29, 0.717) is 19.4 Å². The van der Waals surface area contributed by atoms with Crippen LogP contribution in [0.15, 0.2) is 17.5 Å². The van der Waals surface area contributed by atoms with Gasteiger partial charge in [-0.15, -0.1) is 11.3 Å². The SMILES string of the molecule is CC(NC(=O)N1CCC(C(=O)O)CC1C)c1cccs1. The van der Waals surface area contributed by atoms with E-state index in [4.69, 9.17) is 5.11 Å². The van der Waals surface area contributed by atoms with E-state index in [-0.39, 0.29) is 24.0 Å². The minimum atomic E-state index is -0.760. The van der Waals surface area contributed by atoms with Crippen molar-refractivity contribution in [3.8, 4) is 0 Å². The van der Waals surface area contributed by atoms with E-state index in [1.165, 1.54) is 0 Å². The zero-order valence-electron chi connectivity index (χ0n) is 11.7. The Morgan fingerprint density at radius 1 is 1.55 bits per heavy atom. The maximum Gasteiger partial charge on any atom is 0.318 e. The normalized spacial score (nSPS) is 24.2. The summed E-state index contributed by atoms with van der Waals surface area (Å²) in [6.07, 6.45) is 1.05. The summed E-state index contributed by atoms with van der Waals surface area (Å²) in [5, 5.41) is 14.0. The highest BCUT2D eigenvalue weighted by Gasteiger charge is 2.32. The van der Waals surface area contributed by atoms with Gasteiger partial charge in [0.2, 0.25) is 0 Å². The first-order chi connectivity index (χ1) is 9.49. The molecule has 1 aromatic heterocycles. The lowest BCUT2D eigenvalue weighted by Crippen LogP contribution is -2.50. The molecule has 0 saturated carbocycles. The molecule has 1 aliphatic heterocycles.